The third-order valence-corrected chi connectivity index (χ3v) is 5.88. The van der Waals surface area contributed by atoms with Gasteiger partial charge in [0.25, 0.3) is 0 Å². The first-order chi connectivity index (χ1) is 10.5. The average Bonchev–Trinajstić information content (AvgIpc) is 2.95. The summed E-state index contributed by atoms with van der Waals surface area (Å²) in [6, 6.07) is -0.554. The minimum atomic E-state index is -0.554. The first-order valence-electron chi connectivity index (χ1n) is 6.40. The van der Waals surface area contributed by atoms with E-state index < -0.39 is 12.0 Å². The van der Waals surface area contributed by atoms with E-state index in [1.54, 1.807) is 23.5 Å². The summed E-state index contributed by atoms with van der Waals surface area (Å²) >= 11 is 2.95. The first kappa shape index (κ1) is 15.3. The summed E-state index contributed by atoms with van der Waals surface area (Å²) < 4.78 is 6.37. The van der Waals surface area contributed by atoms with Crippen molar-refractivity contribution in [3.8, 4) is 0 Å². The average molecular weight is 342 g/mol. The van der Waals surface area contributed by atoms with Crippen LogP contribution in [0.15, 0.2) is 16.4 Å². The third-order valence-electron chi connectivity index (χ3n) is 3.42. The molecule has 3 rings (SSSR count). The van der Waals surface area contributed by atoms with Gasteiger partial charge in [0.1, 0.15) is 17.1 Å². The number of carbonyl (C=O) groups is 2. The van der Waals surface area contributed by atoms with Gasteiger partial charge < -0.3 is 10.5 Å². The number of carbonyl (C=O) groups excluding carboxylic acids is 2. The van der Waals surface area contributed by atoms with Crippen LogP contribution >= 0.6 is 23.5 Å². The molecule has 2 atom stereocenters. The molecule has 2 N–H and O–H groups in total. The number of ether oxygens (including phenoxy) is 1. The number of esters is 1. The van der Waals surface area contributed by atoms with Gasteiger partial charge in [-0.05, 0) is 16.0 Å². The van der Waals surface area contributed by atoms with Crippen LogP contribution in [0.3, 0.4) is 0 Å². The molecule has 22 heavy (non-hydrogen) atoms. The predicted molar refractivity (Wildman–Crippen MR) is 79.6 cm³/mol. The summed E-state index contributed by atoms with van der Waals surface area (Å²) in [6.07, 6.45) is 0. The lowest BCUT2D eigenvalue weighted by molar-refractivity contribution is -0.149. The highest BCUT2D eigenvalue weighted by atomic mass is 32.2. The van der Waals surface area contributed by atoms with Crippen LogP contribution in [0, 0.1) is 0 Å². The maximum atomic E-state index is 12.1. The van der Waals surface area contributed by atoms with E-state index in [9.17, 15) is 9.59 Å². The maximum Gasteiger partial charge on any atom is 0.354 e. The van der Waals surface area contributed by atoms with Crippen molar-refractivity contribution < 1.29 is 14.3 Å². The molecule has 1 aromatic rings. The molecule has 3 heterocycles. The van der Waals surface area contributed by atoms with Gasteiger partial charge in [-0.1, -0.05) is 11.8 Å². The largest absolute Gasteiger partial charge is 0.464 e. The molecular formula is C11H14N6O3S2. The molecular weight excluding hydrogens is 328 g/mol. The van der Waals surface area contributed by atoms with Crippen molar-refractivity contribution in [3.05, 3.63) is 11.3 Å². The van der Waals surface area contributed by atoms with Crippen LogP contribution in [-0.4, -0.2) is 67.0 Å². The van der Waals surface area contributed by atoms with Crippen molar-refractivity contribution in [1.29, 1.82) is 0 Å². The van der Waals surface area contributed by atoms with Crippen molar-refractivity contribution in [2.45, 2.75) is 16.6 Å². The Balaban J connectivity index is 1.85. The Kier molecular flexibility index (Phi) is 4.10. The van der Waals surface area contributed by atoms with Gasteiger partial charge >= 0.3 is 5.97 Å². The molecule has 1 saturated heterocycles. The van der Waals surface area contributed by atoms with Crippen molar-refractivity contribution in [3.63, 3.8) is 0 Å². The maximum absolute atomic E-state index is 12.1. The van der Waals surface area contributed by atoms with E-state index in [-0.39, 0.29) is 11.3 Å². The lowest BCUT2D eigenvalue weighted by Gasteiger charge is -2.48. The van der Waals surface area contributed by atoms with E-state index in [4.69, 9.17) is 10.5 Å². The fraction of sp³-hybridized carbons (Fsp3) is 0.545. The van der Waals surface area contributed by atoms with Crippen LogP contribution in [0.1, 0.15) is 0 Å². The third kappa shape index (κ3) is 2.38. The Morgan fingerprint density at radius 1 is 1.59 bits per heavy atom. The second-order valence-corrected chi connectivity index (χ2v) is 6.80. The number of nitrogens with two attached hydrogens (primary N) is 1. The number of aryl methyl sites for hydroxylation is 1. The van der Waals surface area contributed by atoms with Gasteiger partial charge in [-0.2, -0.15) is 0 Å². The van der Waals surface area contributed by atoms with E-state index in [1.807, 2.05) is 0 Å². The molecule has 11 heteroatoms. The highest BCUT2D eigenvalue weighted by Crippen LogP contribution is 2.40. The Hall–Kier alpha value is -1.59. The fourth-order valence-electron chi connectivity index (χ4n) is 2.27. The predicted octanol–water partition coefficient (Wildman–Crippen LogP) is -1.03. The molecule has 0 bridgehead atoms. The van der Waals surface area contributed by atoms with Gasteiger partial charge in [-0.15, -0.1) is 16.9 Å². The number of fused-ring (bicyclic) bond motifs is 1. The molecule has 1 unspecified atom stereocenters. The molecule has 9 nitrogen and oxygen atoms in total. The van der Waals surface area contributed by atoms with Crippen molar-refractivity contribution in [2.24, 2.45) is 12.8 Å². The summed E-state index contributed by atoms with van der Waals surface area (Å²) in [5.74, 6) is 0.347. The van der Waals surface area contributed by atoms with Gasteiger partial charge in [-0.25, -0.2) is 9.48 Å². The van der Waals surface area contributed by atoms with E-state index >= 15 is 0 Å². The number of hydrogen-bond acceptors (Lipinski definition) is 9. The molecule has 1 aromatic heterocycles. The molecule has 118 valence electrons. The topological polar surface area (TPSA) is 116 Å². The number of methoxy groups -OCH3 is 1. The fourth-order valence-corrected chi connectivity index (χ4v) is 4.55. The minimum absolute atomic E-state index is 0.188. The van der Waals surface area contributed by atoms with Crippen LogP contribution < -0.4 is 5.73 Å². The summed E-state index contributed by atoms with van der Waals surface area (Å²) in [6.45, 7) is 0. The van der Waals surface area contributed by atoms with Crippen LogP contribution in [0.2, 0.25) is 0 Å². The molecule has 1 amide bonds. The molecule has 0 aromatic carbocycles. The van der Waals surface area contributed by atoms with E-state index in [0.29, 0.717) is 22.4 Å². The second-order valence-electron chi connectivity index (χ2n) is 4.75. The van der Waals surface area contributed by atoms with Crippen molar-refractivity contribution in [2.75, 3.05) is 18.6 Å². The zero-order chi connectivity index (χ0) is 15.9. The van der Waals surface area contributed by atoms with E-state index in [0.717, 1.165) is 5.57 Å². The number of thioether (sulfide) groups is 2. The first-order valence-corrected chi connectivity index (χ1v) is 8.43. The summed E-state index contributed by atoms with van der Waals surface area (Å²) in [5, 5.41) is 11.6. The molecule has 2 aliphatic heterocycles. The lowest BCUT2D eigenvalue weighted by atomic mass is 10.0. The van der Waals surface area contributed by atoms with Crippen molar-refractivity contribution in [1.82, 2.24) is 25.1 Å². The molecule has 1 fully saturated rings. The number of nitrogens with zero attached hydrogens (tertiary/aromatic N) is 5. The minimum Gasteiger partial charge on any atom is -0.464 e. The second kappa shape index (κ2) is 5.89. The van der Waals surface area contributed by atoms with Crippen LogP contribution in [0.4, 0.5) is 0 Å². The van der Waals surface area contributed by atoms with Gasteiger partial charge in [0.2, 0.25) is 11.1 Å². The van der Waals surface area contributed by atoms with E-state index in [1.165, 1.54) is 23.8 Å². The number of tetrazole rings is 1. The molecule has 0 spiro atoms. The molecule has 2 aliphatic rings. The smallest absolute Gasteiger partial charge is 0.354 e. The Bertz CT molecular complexity index is 660. The summed E-state index contributed by atoms with van der Waals surface area (Å²) in [4.78, 5) is 25.5. The zero-order valence-corrected chi connectivity index (χ0v) is 13.6. The van der Waals surface area contributed by atoms with Crippen molar-refractivity contribution >= 4 is 35.4 Å². The Morgan fingerprint density at radius 3 is 3.00 bits per heavy atom. The number of hydrogen-bond donors (Lipinski definition) is 1. The van der Waals surface area contributed by atoms with Gasteiger partial charge in [0.15, 0.2) is 0 Å². The number of amides is 1. The monoisotopic (exact) mass is 342 g/mol. The highest BCUT2D eigenvalue weighted by Gasteiger charge is 2.51. The normalized spacial score (nSPS) is 24.1. The highest BCUT2D eigenvalue weighted by molar-refractivity contribution is 8.01. The van der Waals surface area contributed by atoms with Crippen LogP contribution in [0.25, 0.3) is 0 Å². The Morgan fingerprint density at radius 2 is 2.36 bits per heavy atom. The Labute approximate surface area is 134 Å². The lowest BCUT2D eigenvalue weighted by Crippen LogP contribution is -2.68. The molecule has 0 saturated carbocycles. The zero-order valence-electron chi connectivity index (χ0n) is 11.9. The SMILES string of the molecule is COC(=O)C1=C(CSc2nnnn2C)CS[C@@H]2C(N)C(=O)N12. The quantitative estimate of drug-likeness (QED) is 0.416. The standard InChI is InChI=1S/C11H14N6O3S2/c1-16-11(13-14-15-16)22-4-5-3-21-9-6(12)8(18)17(9)7(5)10(19)20-2/h6,9H,3-4,12H2,1-2H3/t6?,9-/m1/s1. The number of aromatic nitrogens is 4. The van der Waals surface area contributed by atoms with Crippen LogP contribution in [-0.2, 0) is 21.4 Å². The van der Waals surface area contributed by atoms with Gasteiger partial charge in [-0.3, -0.25) is 9.69 Å². The number of rotatable bonds is 4. The van der Waals surface area contributed by atoms with Gasteiger partial charge in [0, 0.05) is 18.6 Å². The summed E-state index contributed by atoms with van der Waals surface area (Å²) in [5.41, 5.74) is 6.90. The van der Waals surface area contributed by atoms with Crippen LogP contribution in [0.5, 0.6) is 0 Å². The molecule has 0 aliphatic carbocycles. The summed E-state index contributed by atoms with van der Waals surface area (Å²) in [7, 11) is 3.04. The van der Waals surface area contributed by atoms with Gasteiger partial charge in [0.05, 0.1) is 7.11 Å². The molecule has 0 radical (unpaired) electrons. The number of β-lactam (4-membered cyclic amide) rings is 1. The van der Waals surface area contributed by atoms with E-state index in [2.05, 4.69) is 15.5 Å².